The Morgan fingerprint density at radius 2 is 2.11 bits per heavy atom. The first-order valence-electron chi connectivity index (χ1n) is 6.40. The first-order chi connectivity index (χ1) is 8.53. The maximum absolute atomic E-state index is 11.5. The molecule has 0 radical (unpaired) electrons. The van der Waals surface area contributed by atoms with Gasteiger partial charge in [0.25, 0.3) is 0 Å². The third-order valence-electron chi connectivity index (χ3n) is 4.06. The summed E-state index contributed by atoms with van der Waals surface area (Å²) in [5, 5.41) is 0. The van der Waals surface area contributed by atoms with Gasteiger partial charge in [0.05, 0.1) is 6.61 Å². The average molecular weight is 252 g/mol. The maximum atomic E-state index is 11.5. The molecule has 1 aliphatic carbocycles. The summed E-state index contributed by atoms with van der Waals surface area (Å²) in [5.74, 6) is -0.270. The number of allylic oxidation sites excluding steroid dienone is 1. The van der Waals surface area contributed by atoms with Crippen molar-refractivity contribution in [1.29, 1.82) is 0 Å². The molecule has 4 aliphatic rings. The van der Waals surface area contributed by atoms with Crippen molar-refractivity contribution >= 4 is 5.78 Å². The monoisotopic (exact) mass is 252 g/mol. The van der Waals surface area contributed by atoms with E-state index in [1.807, 2.05) is 13.8 Å². The Hall–Kier alpha value is -0.750. The molecule has 98 valence electrons. The van der Waals surface area contributed by atoms with Gasteiger partial charge in [-0.15, -0.1) is 0 Å². The Balaban J connectivity index is 1.63. The standard InChI is InChI=1S/C13H16O5/c1-13(2)17-11-10-9(16-12(11)18-13)8-4-7(14)3-6(8)5-15-10/h4,6,9-12H,3,5H2,1-2H3/t6-,9-,10+,11-,12-/m1/s1. The van der Waals surface area contributed by atoms with Crippen LogP contribution in [-0.2, 0) is 23.7 Å². The number of carbonyl (C=O) groups excluding carboxylic acids is 1. The summed E-state index contributed by atoms with van der Waals surface area (Å²) in [6.45, 7) is 4.32. The van der Waals surface area contributed by atoms with E-state index < -0.39 is 5.79 Å². The minimum atomic E-state index is -0.625. The summed E-state index contributed by atoms with van der Waals surface area (Å²) >= 11 is 0. The summed E-state index contributed by atoms with van der Waals surface area (Å²) < 4.78 is 23.3. The summed E-state index contributed by atoms with van der Waals surface area (Å²) in [6, 6.07) is 0. The second-order valence-corrected chi connectivity index (χ2v) is 5.83. The molecule has 0 bridgehead atoms. The number of rotatable bonds is 0. The van der Waals surface area contributed by atoms with Crippen LogP contribution in [0.3, 0.4) is 0 Å². The fraction of sp³-hybridized carbons (Fsp3) is 0.769. The second kappa shape index (κ2) is 3.42. The first kappa shape index (κ1) is 11.1. The third-order valence-corrected chi connectivity index (χ3v) is 4.06. The highest BCUT2D eigenvalue weighted by molar-refractivity contribution is 5.93. The Morgan fingerprint density at radius 1 is 1.28 bits per heavy atom. The van der Waals surface area contributed by atoms with E-state index >= 15 is 0 Å². The van der Waals surface area contributed by atoms with E-state index in [1.54, 1.807) is 6.08 Å². The zero-order chi connectivity index (χ0) is 12.5. The summed E-state index contributed by atoms with van der Waals surface area (Å²) in [5.41, 5.74) is 1.07. The fourth-order valence-corrected chi connectivity index (χ4v) is 3.35. The molecule has 0 N–H and O–H groups in total. The van der Waals surface area contributed by atoms with Gasteiger partial charge < -0.3 is 18.9 Å². The van der Waals surface area contributed by atoms with Crippen molar-refractivity contribution in [1.82, 2.24) is 0 Å². The molecule has 0 unspecified atom stereocenters. The molecule has 3 aliphatic heterocycles. The van der Waals surface area contributed by atoms with E-state index in [9.17, 15) is 4.79 Å². The van der Waals surface area contributed by atoms with Gasteiger partial charge in [0.2, 0.25) is 0 Å². The molecular weight excluding hydrogens is 236 g/mol. The minimum Gasteiger partial charge on any atom is -0.372 e. The zero-order valence-corrected chi connectivity index (χ0v) is 10.4. The Morgan fingerprint density at radius 3 is 2.94 bits per heavy atom. The van der Waals surface area contributed by atoms with Crippen molar-refractivity contribution in [3.8, 4) is 0 Å². The zero-order valence-electron chi connectivity index (χ0n) is 10.4. The van der Waals surface area contributed by atoms with Crippen molar-refractivity contribution < 1.29 is 23.7 Å². The van der Waals surface area contributed by atoms with Crippen LogP contribution in [0.1, 0.15) is 20.3 Å². The van der Waals surface area contributed by atoms with Gasteiger partial charge in [0.1, 0.15) is 18.3 Å². The SMILES string of the molecule is CC1(C)O[C@H]2O[C@@H]3C4=CC(=O)C[C@@H]4CO[C@@H]3[C@H]2O1. The molecular formula is C13H16O5. The van der Waals surface area contributed by atoms with Crippen molar-refractivity contribution in [2.45, 2.75) is 50.7 Å². The molecule has 18 heavy (non-hydrogen) atoms. The van der Waals surface area contributed by atoms with Crippen LogP contribution < -0.4 is 0 Å². The van der Waals surface area contributed by atoms with Gasteiger partial charge >= 0.3 is 0 Å². The van der Waals surface area contributed by atoms with E-state index in [1.165, 1.54) is 0 Å². The molecule has 5 nitrogen and oxygen atoms in total. The van der Waals surface area contributed by atoms with Gasteiger partial charge in [-0.2, -0.15) is 0 Å². The molecule has 3 fully saturated rings. The molecule has 5 atom stereocenters. The van der Waals surface area contributed by atoms with Crippen molar-refractivity contribution in [2.75, 3.05) is 6.61 Å². The highest BCUT2D eigenvalue weighted by Gasteiger charge is 2.58. The third kappa shape index (κ3) is 1.45. The molecule has 0 saturated carbocycles. The molecule has 3 heterocycles. The van der Waals surface area contributed by atoms with Crippen LogP contribution in [0.15, 0.2) is 11.6 Å². The number of ether oxygens (including phenoxy) is 4. The average Bonchev–Trinajstić information content (AvgIpc) is 2.86. The van der Waals surface area contributed by atoms with Gasteiger partial charge in [-0.05, 0) is 25.5 Å². The summed E-state index contributed by atoms with van der Waals surface area (Å²) in [4.78, 5) is 11.5. The highest BCUT2D eigenvalue weighted by atomic mass is 16.8. The molecule has 0 aromatic rings. The van der Waals surface area contributed by atoms with Gasteiger partial charge in [0.15, 0.2) is 17.9 Å². The Labute approximate surface area is 105 Å². The largest absolute Gasteiger partial charge is 0.372 e. The quantitative estimate of drug-likeness (QED) is 0.637. The summed E-state index contributed by atoms with van der Waals surface area (Å²) in [6.07, 6.45) is 1.36. The van der Waals surface area contributed by atoms with E-state index in [-0.39, 0.29) is 36.3 Å². The smallest absolute Gasteiger partial charge is 0.190 e. The van der Waals surface area contributed by atoms with Crippen molar-refractivity contribution in [3.63, 3.8) is 0 Å². The normalized spacial score (nSPS) is 48.7. The number of hydrogen-bond donors (Lipinski definition) is 0. The van der Waals surface area contributed by atoms with Gasteiger partial charge in [-0.3, -0.25) is 4.79 Å². The lowest BCUT2D eigenvalue weighted by atomic mass is 9.91. The molecule has 0 aromatic carbocycles. The molecule has 0 spiro atoms. The predicted octanol–water partition coefficient (Wildman–Crippen LogP) is 0.777. The van der Waals surface area contributed by atoms with Crippen molar-refractivity contribution in [3.05, 3.63) is 11.6 Å². The van der Waals surface area contributed by atoms with Crippen LogP contribution in [0.4, 0.5) is 0 Å². The summed E-state index contributed by atoms with van der Waals surface area (Å²) in [7, 11) is 0. The molecule has 5 heteroatoms. The predicted molar refractivity (Wildman–Crippen MR) is 59.6 cm³/mol. The minimum absolute atomic E-state index is 0.148. The number of ketones is 1. The lowest BCUT2D eigenvalue weighted by Crippen LogP contribution is -2.43. The van der Waals surface area contributed by atoms with E-state index in [0.717, 1.165) is 5.57 Å². The van der Waals surface area contributed by atoms with Crippen LogP contribution in [0.2, 0.25) is 0 Å². The fourth-order valence-electron chi connectivity index (χ4n) is 3.35. The lowest BCUT2D eigenvalue weighted by molar-refractivity contribution is -0.219. The van der Waals surface area contributed by atoms with E-state index in [2.05, 4.69) is 0 Å². The molecule has 3 saturated heterocycles. The van der Waals surface area contributed by atoms with E-state index in [4.69, 9.17) is 18.9 Å². The molecule has 0 amide bonds. The number of fused-ring (bicyclic) bond motifs is 5. The van der Waals surface area contributed by atoms with Crippen LogP contribution in [0.5, 0.6) is 0 Å². The van der Waals surface area contributed by atoms with Crippen LogP contribution in [0, 0.1) is 5.92 Å². The lowest BCUT2D eigenvalue weighted by Gasteiger charge is -2.33. The van der Waals surface area contributed by atoms with Gasteiger partial charge in [-0.25, -0.2) is 0 Å². The molecule has 4 rings (SSSR count). The van der Waals surface area contributed by atoms with Crippen LogP contribution in [0.25, 0.3) is 0 Å². The van der Waals surface area contributed by atoms with Crippen LogP contribution in [-0.4, -0.2) is 42.8 Å². The van der Waals surface area contributed by atoms with Gasteiger partial charge in [0, 0.05) is 12.3 Å². The topological polar surface area (TPSA) is 54.0 Å². The van der Waals surface area contributed by atoms with E-state index in [0.29, 0.717) is 13.0 Å². The number of carbonyl (C=O) groups is 1. The second-order valence-electron chi connectivity index (χ2n) is 5.83. The van der Waals surface area contributed by atoms with Gasteiger partial charge in [-0.1, -0.05) is 0 Å². The first-order valence-corrected chi connectivity index (χ1v) is 6.40. The van der Waals surface area contributed by atoms with Crippen molar-refractivity contribution in [2.24, 2.45) is 5.92 Å². The highest BCUT2D eigenvalue weighted by Crippen LogP contribution is 2.46. The maximum Gasteiger partial charge on any atom is 0.190 e. The Bertz CT molecular complexity index is 441. The van der Waals surface area contributed by atoms with Crippen LogP contribution >= 0.6 is 0 Å². The number of hydrogen-bond acceptors (Lipinski definition) is 5. The molecule has 0 aromatic heterocycles. The Kier molecular flexibility index (Phi) is 2.11.